The van der Waals surface area contributed by atoms with Crippen molar-refractivity contribution in [2.45, 2.75) is 65.0 Å². The lowest BCUT2D eigenvalue weighted by atomic mass is 9.87. The Morgan fingerprint density at radius 1 is 0.867 bits per heavy atom. The van der Waals surface area contributed by atoms with Crippen molar-refractivity contribution in [3.8, 4) is 0 Å². The highest BCUT2D eigenvalue weighted by atomic mass is 19.1. The van der Waals surface area contributed by atoms with Crippen molar-refractivity contribution in [3.05, 3.63) is 71.3 Å². The molecule has 30 heavy (non-hydrogen) atoms. The Bertz CT molecular complexity index is 717. The minimum Gasteiger partial charge on any atom is -0.355 e. The first-order chi connectivity index (χ1) is 14.3. The van der Waals surface area contributed by atoms with Crippen LogP contribution in [0, 0.1) is 17.6 Å². The predicted molar refractivity (Wildman–Crippen MR) is 118 cm³/mol. The second-order valence-electron chi connectivity index (χ2n) is 8.59. The molecule has 0 fully saturated rings. The molecule has 2 N–H and O–H groups in total. The molecule has 1 atom stereocenters. The highest BCUT2D eigenvalue weighted by Crippen LogP contribution is 2.29. The summed E-state index contributed by atoms with van der Waals surface area (Å²) in [6.07, 6.45) is 2.32. The Labute approximate surface area is 179 Å². The third kappa shape index (κ3) is 7.86. The smallest absolute Gasteiger partial charge is 0.237 e. The van der Waals surface area contributed by atoms with Gasteiger partial charge in [-0.2, -0.15) is 0 Å². The van der Waals surface area contributed by atoms with E-state index in [1.165, 1.54) is 24.3 Å². The number of hydrogen-bond donors (Lipinski definition) is 2. The van der Waals surface area contributed by atoms with E-state index in [4.69, 9.17) is 0 Å². The molecule has 1 amide bonds. The molecule has 2 aromatic carbocycles. The Kier molecular flexibility index (Phi) is 9.44. The summed E-state index contributed by atoms with van der Waals surface area (Å²) < 4.78 is 26.7. The third-order valence-corrected chi connectivity index (χ3v) is 5.07. The number of amides is 1. The molecule has 0 bridgehead atoms. The van der Waals surface area contributed by atoms with Gasteiger partial charge in [0.25, 0.3) is 0 Å². The van der Waals surface area contributed by atoms with Crippen LogP contribution in [-0.4, -0.2) is 24.5 Å². The minimum absolute atomic E-state index is 0.0170. The summed E-state index contributed by atoms with van der Waals surface area (Å²) >= 11 is 0. The van der Waals surface area contributed by atoms with Crippen molar-refractivity contribution in [3.63, 3.8) is 0 Å². The minimum atomic E-state index is -0.280. The van der Waals surface area contributed by atoms with Crippen LogP contribution in [0.5, 0.6) is 0 Å². The van der Waals surface area contributed by atoms with Crippen LogP contribution in [0.3, 0.4) is 0 Å². The summed E-state index contributed by atoms with van der Waals surface area (Å²) in [5, 5.41) is 6.39. The molecule has 0 aliphatic heterocycles. The summed E-state index contributed by atoms with van der Waals surface area (Å²) in [6, 6.07) is 12.9. The van der Waals surface area contributed by atoms with Crippen LogP contribution in [0.25, 0.3) is 0 Å². The fourth-order valence-electron chi connectivity index (χ4n) is 3.68. The second kappa shape index (κ2) is 11.8. The van der Waals surface area contributed by atoms with E-state index in [-0.39, 0.29) is 35.5 Å². The van der Waals surface area contributed by atoms with Crippen molar-refractivity contribution in [2.75, 3.05) is 6.54 Å². The van der Waals surface area contributed by atoms with Crippen molar-refractivity contribution >= 4 is 5.91 Å². The van der Waals surface area contributed by atoms with Gasteiger partial charge in [0.1, 0.15) is 11.6 Å². The Balaban J connectivity index is 1.99. The zero-order chi connectivity index (χ0) is 22.1. The van der Waals surface area contributed by atoms with Gasteiger partial charge in [-0.05, 0) is 60.6 Å². The average molecular weight is 417 g/mol. The Morgan fingerprint density at radius 2 is 1.37 bits per heavy atom. The van der Waals surface area contributed by atoms with Gasteiger partial charge >= 0.3 is 0 Å². The van der Waals surface area contributed by atoms with Crippen LogP contribution in [0.15, 0.2) is 48.5 Å². The van der Waals surface area contributed by atoms with Crippen LogP contribution in [0.4, 0.5) is 8.78 Å². The normalized spacial score (nSPS) is 12.6. The molecule has 2 aromatic rings. The number of carbonyl (C=O) groups is 1. The highest BCUT2D eigenvalue weighted by molar-refractivity contribution is 5.81. The van der Waals surface area contributed by atoms with E-state index in [0.717, 1.165) is 30.4 Å². The molecule has 0 spiro atoms. The predicted octanol–water partition coefficient (Wildman–Crippen LogP) is 5.41. The van der Waals surface area contributed by atoms with E-state index >= 15 is 0 Å². The zero-order valence-corrected chi connectivity index (χ0v) is 18.4. The lowest BCUT2D eigenvalue weighted by Crippen LogP contribution is -2.47. The van der Waals surface area contributed by atoms with E-state index in [2.05, 4.69) is 24.5 Å². The zero-order valence-electron chi connectivity index (χ0n) is 18.4. The standard InChI is InChI=1S/C25H34F2N2O/c1-17(2)16-24(29-18(3)4)25(30)28-15-5-6-23(19-7-11-21(26)12-8-19)20-9-13-22(27)14-10-20/h7-14,17-18,23-24,29H,5-6,15-16H2,1-4H3,(H,28,30). The molecule has 0 aliphatic rings. The van der Waals surface area contributed by atoms with Gasteiger partial charge in [-0.15, -0.1) is 0 Å². The van der Waals surface area contributed by atoms with E-state index in [9.17, 15) is 13.6 Å². The van der Waals surface area contributed by atoms with Gasteiger partial charge in [0, 0.05) is 18.5 Å². The molecule has 164 valence electrons. The maximum atomic E-state index is 13.4. The molecule has 5 heteroatoms. The van der Waals surface area contributed by atoms with E-state index in [0.29, 0.717) is 12.5 Å². The first kappa shape index (κ1) is 24.0. The number of benzene rings is 2. The van der Waals surface area contributed by atoms with Gasteiger partial charge in [-0.25, -0.2) is 8.78 Å². The maximum absolute atomic E-state index is 13.4. The van der Waals surface area contributed by atoms with Gasteiger partial charge in [0.2, 0.25) is 5.91 Å². The van der Waals surface area contributed by atoms with Crippen molar-refractivity contribution in [1.82, 2.24) is 10.6 Å². The van der Waals surface area contributed by atoms with Crippen LogP contribution in [0.1, 0.15) is 64.0 Å². The molecule has 0 aromatic heterocycles. The SMILES string of the molecule is CC(C)CC(NC(C)C)C(=O)NCCCC(c1ccc(F)cc1)c1ccc(F)cc1. The lowest BCUT2D eigenvalue weighted by Gasteiger charge is -2.23. The molecule has 3 nitrogen and oxygen atoms in total. The molecule has 2 rings (SSSR count). The first-order valence-corrected chi connectivity index (χ1v) is 10.8. The second-order valence-corrected chi connectivity index (χ2v) is 8.59. The number of carbonyl (C=O) groups excluding carboxylic acids is 1. The molecule has 0 aliphatic carbocycles. The van der Waals surface area contributed by atoms with E-state index in [1.807, 2.05) is 13.8 Å². The molecular formula is C25H34F2N2O. The van der Waals surface area contributed by atoms with Crippen molar-refractivity contribution in [1.29, 1.82) is 0 Å². The number of rotatable bonds is 11. The average Bonchev–Trinajstić information content (AvgIpc) is 2.68. The van der Waals surface area contributed by atoms with Crippen LogP contribution < -0.4 is 10.6 Å². The molecular weight excluding hydrogens is 382 g/mol. The monoisotopic (exact) mass is 416 g/mol. The summed E-state index contributed by atoms with van der Waals surface area (Å²) in [5.74, 6) is -0.0929. The fourth-order valence-corrected chi connectivity index (χ4v) is 3.68. The number of nitrogens with one attached hydrogen (secondary N) is 2. The Morgan fingerprint density at radius 3 is 1.80 bits per heavy atom. The maximum Gasteiger partial charge on any atom is 0.237 e. The van der Waals surface area contributed by atoms with Gasteiger partial charge in [-0.3, -0.25) is 4.79 Å². The highest BCUT2D eigenvalue weighted by Gasteiger charge is 2.20. The van der Waals surface area contributed by atoms with Gasteiger partial charge < -0.3 is 10.6 Å². The number of halogens is 2. The summed E-state index contributed by atoms with van der Waals surface area (Å²) in [7, 11) is 0. The molecule has 1 unspecified atom stereocenters. The Hall–Kier alpha value is -2.27. The quantitative estimate of drug-likeness (QED) is 0.481. The largest absolute Gasteiger partial charge is 0.355 e. The summed E-state index contributed by atoms with van der Waals surface area (Å²) in [5.41, 5.74) is 1.96. The molecule has 0 saturated carbocycles. The van der Waals surface area contributed by atoms with E-state index < -0.39 is 0 Å². The van der Waals surface area contributed by atoms with E-state index in [1.54, 1.807) is 24.3 Å². The van der Waals surface area contributed by atoms with Gasteiger partial charge in [-0.1, -0.05) is 52.0 Å². The van der Waals surface area contributed by atoms with Gasteiger partial charge in [0.15, 0.2) is 0 Å². The summed E-state index contributed by atoms with van der Waals surface area (Å²) in [4.78, 5) is 12.6. The topological polar surface area (TPSA) is 41.1 Å². The van der Waals surface area contributed by atoms with Crippen LogP contribution in [0.2, 0.25) is 0 Å². The van der Waals surface area contributed by atoms with Crippen LogP contribution in [-0.2, 0) is 4.79 Å². The lowest BCUT2D eigenvalue weighted by molar-refractivity contribution is -0.123. The number of hydrogen-bond acceptors (Lipinski definition) is 2. The van der Waals surface area contributed by atoms with Crippen molar-refractivity contribution < 1.29 is 13.6 Å². The fraction of sp³-hybridized carbons (Fsp3) is 0.480. The first-order valence-electron chi connectivity index (χ1n) is 10.8. The van der Waals surface area contributed by atoms with Crippen LogP contribution >= 0.6 is 0 Å². The van der Waals surface area contributed by atoms with Crippen molar-refractivity contribution in [2.24, 2.45) is 5.92 Å². The molecule has 0 saturated heterocycles. The third-order valence-electron chi connectivity index (χ3n) is 5.07. The molecule has 0 heterocycles. The molecule has 0 radical (unpaired) electrons. The van der Waals surface area contributed by atoms with Gasteiger partial charge in [0.05, 0.1) is 6.04 Å². The summed E-state index contributed by atoms with van der Waals surface area (Å²) in [6.45, 7) is 8.86.